The van der Waals surface area contributed by atoms with E-state index in [4.69, 9.17) is 5.73 Å². The first-order valence-corrected chi connectivity index (χ1v) is 9.98. The average molecular weight is 373 g/mol. The molecule has 2 N–H and O–H groups in total. The summed E-state index contributed by atoms with van der Waals surface area (Å²) in [6, 6.07) is 13.9. The van der Waals surface area contributed by atoms with Crippen molar-refractivity contribution in [2.75, 3.05) is 31.9 Å². The van der Waals surface area contributed by atoms with Gasteiger partial charge in [-0.15, -0.1) is 0 Å². The highest BCUT2D eigenvalue weighted by Crippen LogP contribution is 2.19. The zero-order valence-corrected chi connectivity index (χ0v) is 15.6. The van der Waals surface area contributed by atoms with Crippen LogP contribution in [0.4, 0.5) is 5.69 Å². The molecular weight excluding hydrogens is 350 g/mol. The highest BCUT2D eigenvalue weighted by Gasteiger charge is 2.28. The molecule has 3 rings (SSSR count). The van der Waals surface area contributed by atoms with E-state index in [2.05, 4.69) is 4.90 Å². The average Bonchev–Trinajstić information content (AvgIpc) is 2.62. The van der Waals surface area contributed by atoms with Crippen LogP contribution in [0.5, 0.6) is 0 Å². The van der Waals surface area contributed by atoms with E-state index >= 15 is 0 Å². The van der Waals surface area contributed by atoms with Crippen LogP contribution < -0.4 is 5.73 Å². The topological polar surface area (TPSA) is 83.7 Å². The summed E-state index contributed by atoms with van der Waals surface area (Å²) in [6.07, 6.45) is 0. The van der Waals surface area contributed by atoms with Gasteiger partial charge in [0.1, 0.15) is 0 Å². The molecule has 1 aliphatic heterocycles. The minimum Gasteiger partial charge on any atom is -0.399 e. The predicted octanol–water partition coefficient (Wildman–Crippen LogP) is 1.98. The number of nitrogens with zero attached hydrogens (tertiary/aromatic N) is 2. The second-order valence-electron chi connectivity index (χ2n) is 6.51. The van der Waals surface area contributed by atoms with Crippen molar-refractivity contribution in [2.24, 2.45) is 0 Å². The van der Waals surface area contributed by atoms with Crippen molar-refractivity contribution in [3.8, 4) is 0 Å². The van der Waals surface area contributed by atoms with Gasteiger partial charge in [0.15, 0.2) is 5.78 Å². The van der Waals surface area contributed by atoms with Crippen LogP contribution in [0, 0.1) is 0 Å². The maximum atomic E-state index is 12.8. The van der Waals surface area contributed by atoms with Crippen LogP contribution in [-0.4, -0.2) is 49.6 Å². The zero-order valence-electron chi connectivity index (χ0n) is 14.8. The summed E-state index contributed by atoms with van der Waals surface area (Å²) in [7, 11) is -3.53. The van der Waals surface area contributed by atoms with Gasteiger partial charge in [-0.3, -0.25) is 9.69 Å². The number of hydrogen-bond acceptors (Lipinski definition) is 5. The lowest BCUT2D eigenvalue weighted by Gasteiger charge is -2.34. The smallest absolute Gasteiger partial charge is 0.243 e. The highest BCUT2D eigenvalue weighted by molar-refractivity contribution is 7.89. The van der Waals surface area contributed by atoms with Gasteiger partial charge in [0.25, 0.3) is 0 Å². The van der Waals surface area contributed by atoms with Crippen LogP contribution in [0.25, 0.3) is 0 Å². The molecule has 2 aromatic carbocycles. The number of benzene rings is 2. The summed E-state index contributed by atoms with van der Waals surface area (Å²) >= 11 is 0. The highest BCUT2D eigenvalue weighted by atomic mass is 32.2. The molecule has 1 saturated heterocycles. The Hall–Kier alpha value is -2.22. The van der Waals surface area contributed by atoms with Crippen molar-refractivity contribution < 1.29 is 13.2 Å². The number of rotatable bonds is 5. The van der Waals surface area contributed by atoms with E-state index in [1.807, 2.05) is 24.3 Å². The standard InChI is InChI=1S/C19H23N3O3S/c1-15(23)17-5-7-19(8-6-17)26(24,25)22-11-9-21(10-12-22)14-16-3-2-4-18(20)13-16/h2-8,13H,9-12,14,20H2,1H3. The van der Waals surface area contributed by atoms with Crippen LogP contribution in [0.3, 0.4) is 0 Å². The third-order valence-corrected chi connectivity index (χ3v) is 6.50. The van der Waals surface area contributed by atoms with Gasteiger partial charge in [-0.05, 0) is 36.8 Å². The Balaban J connectivity index is 1.64. The van der Waals surface area contributed by atoms with E-state index in [1.54, 1.807) is 12.1 Å². The fourth-order valence-electron chi connectivity index (χ4n) is 3.09. The number of nitrogen functional groups attached to an aromatic ring is 1. The summed E-state index contributed by atoms with van der Waals surface area (Å²) in [5.41, 5.74) is 8.18. The molecule has 0 amide bonds. The van der Waals surface area contributed by atoms with Crippen LogP contribution >= 0.6 is 0 Å². The molecule has 7 heteroatoms. The van der Waals surface area contributed by atoms with Gasteiger partial charge in [-0.25, -0.2) is 8.42 Å². The van der Waals surface area contributed by atoms with Gasteiger partial charge < -0.3 is 5.73 Å². The molecule has 0 unspecified atom stereocenters. The summed E-state index contributed by atoms with van der Waals surface area (Å²) in [6.45, 7) is 4.44. The van der Waals surface area contributed by atoms with Crippen molar-refractivity contribution in [3.63, 3.8) is 0 Å². The Kier molecular flexibility index (Phi) is 5.41. The molecule has 0 radical (unpaired) electrons. The van der Waals surface area contributed by atoms with Crippen LogP contribution in [-0.2, 0) is 16.6 Å². The van der Waals surface area contributed by atoms with Crippen molar-refractivity contribution >= 4 is 21.5 Å². The first-order chi connectivity index (χ1) is 12.4. The van der Waals surface area contributed by atoms with Gasteiger partial charge in [0, 0.05) is 44.0 Å². The third kappa shape index (κ3) is 4.12. The largest absolute Gasteiger partial charge is 0.399 e. The molecule has 6 nitrogen and oxygen atoms in total. The molecule has 2 aromatic rings. The van der Waals surface area contributed by atoms with Crippen molar-refractivity contribution in [1.82, 2.24) is 9.21 Å². The van der Waals surface area contributed by atoms with Crippen LogP contribution in [0.1, 0.15) is 22.8 Å². The summed E-state index contributed by atoms with van der Waals surface area (Å²) < 4.78 is 27.1. The fraction of sp³-hybridized carbons (Fsp3) is 0.316. The number of piperazine rings is 1. The first-order valence-electron chi connectivity index (χ1n) is 8.54. The number of sulfonamides is 1. The number of Topliss-reactive ketones (excluding diaryl/α,β-unsaturated/α-hetero) is 1. The molecule has 138 valence electrons. The number of nitrogens with two attached hydrogens (primary N) is 1. The van der Waals surface area contributed by atoms with Gasteiger partial charge >= 0.3 is 0 Å². The van der Waals surface area contributed by atoms with E-state index in [-0.39, 0.29) is 10.7 Å². The van der Waals surface area contributed by atoms with Crippen molar-refractivity contribution in [1.29, 1.82) is 0 Å². The predicted molar refractivity (Wildman–Crippen MR) is 101 cm³/mol. The van der Waals surface area contributed by atoms with Crippen molar-refractivity contribution in [3.05, 3.63) is 59.7 Å². The number of anilines is 1. The van der Waals surface area contributed by atoms with Crippen molar-refractivity contribution in [2.45, 2.75) is 18.4 Å². The van der Waals surface area contributed by atoms with E-state index in [0.29, 0.717) is 31.7 Å². The molecule has 0 atom stereocenters. The molecule has 1 aliphatic rings. The first kappa shape index (κ1) is 18.6. The Bertz CT molecular complexity index is 887. The quantitative estimate of drug-likeness (QED) is 0.640. The van der Waals surface area contributed by atoms with Crippen LogP contribution in [0.2, 0.25) is 0 Å². The Morgan fingerprint density at radius 1 is 1.04 bits per heavy atom. The lowest BCUT2D eigenvalue weighted by molar-refractivity contribution is 0.101. The second kappa shape index (κ2) is 7.57. The molecule has 0 aromatic heterocycles. The summed E-state index contributed by atoms with van der Waals surface area (Å²) in [4.78, 5) is 13.8. The van der Waals surface area contributed by atoms with Gasteiger partial charge in [0.05, 0.1) is 4.90 Å². The molecule has 1 heterocycles. The number of carbonyl (C=O) groups excluding carboxylic acids is 1. The summed E-state index contributed by atoms with van der Waals surface area (Å²) in [5, 5.41) is 0. The lowest BCUT2D eigenvalue weighted by Crippen LogP contribution is -2.48. The number of carbonyl (C=O) groups is 1. The SMILES string of the molecule is CC(=O)c1ccc(S(=O)(=O)N2CCN(Cc3cccc(N)c3)CC2)cc1. The minimum absolute atomic E-state index is 0.0795. The number of ketones is 1. The fourth-order valence-corrected chi connectivity index (χ4v) is 4.51. The van der Waals surface area contributed by atoms with Gasteiger partial charge in [-0.2, -0.15) is 4.31 Å². The molecule has 0 aliphatic carbocycles. The molecule has 0 bridgehead atoms. The number of hydrogen-bond donors (Lipinski definition) is 1. The van der Waals surface area contributed by atoms with Gasteiger partial charge in [0.2, 0.25) is 10.0 Å². The van der Waals surface area contributed by atoms with E-state index in [9.17, 15) is 13.2 Å². The minimum atomic E-state index is -3.53. The zero-order chi connectivity index (χ0) is 18.7. The summed E-state index contributed by atoms with van der Waals surface area (Å²) in [5.74, 6) is -0.0795. The molecule has 1 fully saturated rings. The second-order valence-corrected chi connectivity index (χ2v) is 8.44. The molecule has 26 heavy (non-hydrogen) atoms. The van der Waals surface area contributed by atoms with E-state index in [1.165, 1.54) is 23.4 Å². The molecule has 0 saturated carbocycles. The Morgan fingerprint density at radius 2 is 1.69 bits per heavy atom. The van der Waals surface area contributed by atoms with Gasteiger partial charge in [-0.1, -0.05) is 24.3 Å². The monoisotopic (exact) mass is 373 g/mol. The van der Waals surface area contributed by atoms with E-state index in [0.717, 1.165) is 17.8 Å². The maximum absolute atomic E-state index is 12.8. The van der Waals surface area contributed by atoms with E-state index < -0.39 is 10.0 Å². The molecule has 0 spiro atoms. The Labute approximate surface area is 154 Å². The lowest BCUT2D eigenvalue weighted by atomic mass is 10.2. The third-order valence-electron chi connectivity index (χ3n) is 4.59. The molecular formula is C19H23N3O3S. The normalized spacial score (nSPS) is 16.5. The van der Waals surface area contributed by atoms with Crippen LogP contribution in [0.15, 0.2) is 53.4 Å². The Morgan fingerprint density at radius 3 is 2.27 bits per heavy atom. The maximum Gasteiger partial charge on any atom is 0.243 e.